The highest BCUT2D eigenvalue weighted by atomic mass is 19.1. The molecule has 0 bridgehead atoms. The van der Waals surface area contributed by atoms with E-state index in [0.717, 1.165) is 22.9 Å². The zero-order valence-electron chi connectivity index (χ0n) is 17.4. The summed E-state index contributed by atoms with van der Waals surface area (Å²) in [6.45, 7) is 1.09. The first-order valence-corrected chi connectivity index (χ1v) is 10.4. The van der Waals surface area contributed by atoms with Crippen LogP contribution in [-0.2, 0) is 11.3 Å². The van der Waals surface area contributed by atoms with Gasteiger partial charge in [-0.25, -0.2) is 4.39 Å². The van der Waals surface area contributed by atoms with E-state index in [-0.39, 0.29) is 30.1 Å². The van der Waals surface area contributed by atoms with Crippen LogP contribution in [0.4, 0.5) is 4.39 Å². The Kier molecular flexibility index (Phi) is 6.16. The topological polar surface area (TPSA) is 58.6 Å². The van der Waals surface area contributed by atoms with Gasteiger partial charge in [-0.1, -0.05) is 42.5 Å². The first kappa shape index (κ1) is 20.8. The Hall–Kier alpha value is -3.41. The van der Waals surface area contributed by atoms with Gasteiger partial charge in [0.2, 0.25) is 5.91 Å². The van der Waals surface area contributed by atoms with E-state index in [9.17, 15) is 14.0 Å². The van der Waals surface area contributed by atoms with E-state index in [0.29, 0.717) is 30.6 Å². The van der Waals surface area contributed by atoms with Gasteiger partial charge in [-0.2, -0.15) is 0 Å². The summed E-state index contributed by atoms with van der Waals surface area (Å²) in [6.07, 6.45) is 1.45. The van der Waals surface area contributed by atoms with Crippen molar-refractivity contribution in [1.82, 2.24) is 10.2 Å². The van der Waals surface area contributed by atoms with Crippen molar-refractivity contribution in [3.8, 4) is 5.75 Å². The SMILES string of the molecule is COc1ccc(C(=O)N2CCCC(C(=O)NCc3ccccc3F)C2)c2ccccc12. The number of likely N-dealkylation sites (tertiary alicyclic amines) is 1. The van der Waals surface area contributed by atoms with Gasteiger partial charge in [0, 0.05) is 36.1 Å². The molecule has 0 aliphatic carbocycles. The van der Waals surface area contributed by atoms with E-state index < -0.39 is 0 Å². The zero-order chi connectivity index (χ0) is 21.8. The molecule has 2 amide bonds. The number of rotatable bonds is 5. The monoisotopic (exact) mass is 420 g/mol. The number of nitrogens with zero attached hydrogens (tertiary/aromatic N) is 1. The summed E-state index contributed by atoms with van der Waals surface area (Å²) in [5, 5.41) is 4.53. The lowest BCUT2D eigenvalue weighted by molar-refractivity contribution is -0.126. The Labute approximate surface area is 180 Å². The van der Waals surface area contributed by atoms with E-state index in [1.807, 2.05) is 24.3 Å². The largest absolute Gasteiger partial charge is 0.496 e. The number of hydrogen-bond donors (Lipinski definition) is 1. The summed E-state index contributed by atoms with van der Waals surface area (Å²) >= 11 is 0. The second kappa shape index (κ2) is 9.16. The molecule has 160 valence electrons. The minimum Gasteiger partial charge on any atom is -0.496 e. The molecule has 1 atom stereocenters. The quantitative estimate of drug-likeness (QED) is 0.674. The van der Waals surface area contributed by atoms with Crippen molar-refractivity contribution in [1.29, 1.82) is 0 Å². The van der Waals surface area contributed by atoms with Crippen LogP contribution in [0.15, 0.2) is 60.7 Å². The van der Waals surface area contributed by atoms with Gasteiger partial charge in [-0.3, -0.25) is 9.59 Å². The summed E-state index contributed by atoms with van der Waals surface area (Å²) < 4.78 is 19.2. The molecular formula is C25H25FN2O3. The first-order chi connectivity index (χ1) is 15.1. The summed E-state index contributed by atoms with van der Waals surface area (Å²) in [5.74, 6) is -0.175. The third kappa shape index (κ3) is 4.38. The Balaban J connectivity index is 1.47. The Morgan fingerprint density at radius 3 is 2.58 bits per heavy atom. The molecule has 31 heavy (non-hydrogen) atoms. The van der Waals surface area contributed by atoms with E-state index in [2.05, 4.69) is 5.32 Å². The number of carbonyl (C=O) groups excluding carboxylic acids is 2. The average molecular weight is 420 g/mol. The van der Waals surface area contributed by atoms with Crippen LogP contribution in [0.5, 0.6) is 5.75 Å². The summed E-state index contributed by atoms with van der Waals surface area (Å²) in [7, 11) is 1.61. The van der Waals surface area contributed by atoms with Gasteiger partial charge in [0.1, 0.15) is 11.6 Å². The van der Waals surface area contributed by atoms with Crippen LogP contribution < -0.4 is 10.1 Å². The molecule has 6 heteroatoms. The fraction of sp³-hybridized carbons (Fsp3) is 0.280. The third-order valence-electron chi connectivity index (χ3n) is 5.82. The molecule has 3 aromatic rings. The number of fused-ring (bicyclic) bond motifs is 1. The average Bonchev–Trinajstić information content (AvgIpc) is 2.82. The van der Waals surface area contributed by atoms with Crippen LogP contribution in [-0.4, -0.2) is 36.9 Å². The van der Waals surface area contributed by atoms with Crippen molar-refractivity contribution in [2.75, 3.05) is 20.2 Å². The van der Waals surface area contributed by atoms with Crippen LogP contribution in [0.25, 0.3) is 10.8 Å². The molecule has 1 saturated heterocycles. The van der Waals surface area contributed by atoms with Crippen molar-refractivity contribution in [2.45, 2.75) is 19.4 Å². The molecule has 5 nitrogen and oxygen atoms in total. The summed E-state index contributed by atoms with van der Waals surface area (Å²) in [6, 6.07) is 17.6. The Bertz CT molecular complexity index is 1110. The van der Waals surface area contributed by atoms with Crippen LogP contribution in [0.3, 0.4) is 0 Å². The predicted molar refractivity (Wildman–Crippen MR) is 117 cm³/mol. The number of piperidine rings is 1. The van der Waals surface area contributed by atoms with Crippen LogP contribution in [0.2, 0.25) is 0 Å². The number of carbonyl (C=O) groups is 2. The molecule has 1 unspecified atom stereocenters. The van der Waals surface area contributed by atoms with Gasteiger partial charge in [-0.05, 0) is 36.4 Å². The maximum Gasteiger partial charge on any atom is 0.254 e. The predicted octanol–water partition coefficient (Wildman–Crippen LogP) is 4.16. The molecule has 1 fully saturated rings. The van der Waals surface area contributed by atoms with E-state index in [1.165, 1.54) is 6.07 Å². The Morgan fingerprint density at radius 1 is 1.06 bits per heavy atom. The molecule has 3 aromatic carbocycles. The van der Waals surface area contributed by atoms with E-state index in [4.69, 9.17) is 4.74 Å². The maximum absolute atomic E-state index is 13.8. The first-order valence-electron chi connectivity index (χ1n) is 10.4. The van der Waals surface area contributed by atoms with Crippen molar-refractivity contribution in [2.24, 2.45) is 5.92 Å². The summed E-state index contributed by atoms with van der Waals surface area (Å²) in [4.78, 5) is 27.7. The highest BCUT2D eigenvalue weighted by Gasteiger charge is 2.29. The lowest BCUT2D eigenvalue weighted by Crippen LogP contribution is -2.45. The normalized spacial score (nSPS) is 16.2. The fourth-order valence-electron chi connectivity index (χ4n) is 4.15. The van der Waals surface area contributed by atoms with E-state index >= 15 is 0 Å². The maximum atomic E-state index is 13.8. The fourth-order valence-corrected chi connectivity index (χ4v) is 4.15. The van der Waals surface area contributed by atoms with E-state index in [1.54, 1.807) is 42.3 Å². The van der Waals surface area contributed by atoms with Crippen LogP contribution in [0.1, 0.15) is 28.8 Å². The minimum absolute atomic E-state index is 0.0922. The molecule has 1 heterocycles. The molecule has 1 aliphatic heterocycles. The Morgan fingerprint density at radius 2 is 1.81 bits per heavy atom. The molecule has 1 N–H and O–H groups in total. The second-order valence-electron chi connectivity index (χ2n) is 7.76. The molecule has 0 radical (unpaired) electrons. The third-order valence-corrected chi connectivity index (χ3v) is 5.82. The molecular weight excluding hydrogens is 395 g/mol. The lowest BCUT2D eigenvalue weighted by atomic mass is 9.95. The second-order valence-corrected chi connectivity index (χ2v) is 7.76. The van der Waals surface area contributed by atoms with Crippen molar-refractivity contribution >= 4 is 22.6 Å². The minimum atomic E-state index is -0.338. The standard InChI is InChI=1S/C25H25FN2O3/c1-31-23-13-12-21(19-9-3-4-10-20(19)23)25(30)28-14-6-8-18(16-28)24(29)27-15-17-7-2-5-11-22(17)26/h2-5,7,9-13,18H,6,8,14-16H2,1H3,(H,27,29). The number of nitrogens with one attached hydrogen (secondary N) is 1. The van der Waals surface area contributed by atoms with Crippen molar-refractivity contribution in [3.05, 3.63) is 77.6 Å². The molecule has 0 spiro atoms. The highest BCUT2D eigenvalue weighted by molar-refractivity contribution is 6.08. The molecule has 1 aliphatic rings. The number of methoxy groups -OCH3 is 1. The lowest BCUT2D eigenvalue weighted by Gasteiger charge is -2.32. The zero-order valence-corrected chi connectivity index (χ0v) is 17.4. The number of benzene rings is 3. The van der Waals surface area contributed by atoms with Crippen molar-refractivity contribution < 1.29 is 18.7 Å². The van der Waals surface area contributed by atoms with Crippen molar-refractivity contribution in [3.63, 3.8) is 0 Å². The van der Waals surface area contributed by atoms with Gasteiger partial charge in [0.05, 0.1) is 13.0 Å². The van der Waals surface area contributed by atoms with Gasteiger partial charge in [-0.15, -0.1) is 0 Å². The summed E-state index contributed by atoms with van der Waals surface area (Å²) in [5.41, 5.74) is 1.05. The van der Waals surface area contributed by atoms with Gasteiger partial charge < -0.3 is 15.0 Å². The number of ether oxygens (including phenoxy) is 1. The number of hydrogen-bond acceptors (Lipinski definition) is 3. The number of halogens is 1. The smallest absolute Gasteiger partial charge is 0.254 e. The van der Waals surface area contributed by atoms with Crippen LogP contribution in [0, 0.1) is 11.7 Å². The van der Waals surface area contributed by atoms with Gasteiger partial charge in [0.25, 0.3) is 5.91 Å². The molecule has 0 aromatic heterocycles. The highest BCUT2D eigenvalue weighted by Crippen LogP contribution is 2.30. The number of amides is 2. The molecule has 0 saturated carbocycles. The molecule has 4 rings (SSSR count). The van der Waals surface area contributed by atoms with Gasteiger partial charge in [0.15, 0.2) is 0 Å². The van der Waals surface area contributed by atoms with Crippen LogP contribution >= 0.6 is 0 Å². The van der Waals surface area contributed by atoms with Gasteiger partial charge >= 0.3 is 0 Å².